The molecule has 2 unspecified atom stereocenters. The van der Waals surface area contributed by atoms with Crippen LogP contribution in [0, 0.1) is 22.7 Å². The highest BCUT2D eigenvalue weighted by Gasteiger charge is 2.36. The maximum absolute atomic E-state index is 9.44. The van der Waals surface area contributed by atoms with Gasteiger partial charge in [0.05, 0.1) is 13.2 Å². The normalized spacial score (nSPS) is 22.3. The lowest BCUT2D eigenvalue weighted by molar-refractivity contribution is 0.233. The third-order valence-corrected chi connectivity index (χ3v) is 11.3. The van der Waals surface area contributed by atoms with Crippen LogP contribution in [0.2, 0.25) is 0 Å². The van der Waals surface area contributed by atoms with E-state index in [-0.39, 0.29) is 24.0 Å². The summed E-state index contributed by atoms with van der Waals surface area (Å²) in [5, 5.41) is 18.9. The Bertz CT molecular complexity index is 1600. The first kappa shape index (κ1) is 44.7. The van der Waals surface area contributed by atoms with Crippen molar-refractivity contribution in [2.75, 3.05) is 13.2 Å². The lowest BCUT2D eigenvalue weighted by atomic mass is 9.64. The van der Waals surface area contributed by atoms with Gasteiger partial charge in [-0.25, -0.2) is 0 Å². The van der Waals surface area contributed by atoms with E-state index in [0.29, 0.717) is 17.4 Å². The van der Waals surface area contributed by atoms with Crippen molar-refractivity contribution in [2.24, 2.45) is 22.7 Å². The van der Waals surface area contributed by atoms with E-state index in [4.69, 9.17) is 0 Å². The molecule has 0 aromatic carbocycles. The Morgan fingerprint density at radius 2 is 0.923 bits per heavy atom. The molecule has 2 nitrogen and oxygen atoms in total. The molecule has 2 heteroatoms. The van der Waals surface area contributed by atoms with E-state index in [9.17, 15) is 10.2 Å². The van der Waals surface area contributed by atoms with Crippen LogP contribution in [0.15, 0.2) is 153 Å². The SMILES string of the molecule is CC(C)=CCC1CCC(C)=C(/C=C/C(C)=C/C=C/C(C)=C/C=C/C=C(C)/C=C/C=C(C)/C=C/C2=C(C)CCC(CC=C(CO)CO)C2(C)C)C1(C)C. The van der Waals surface area contributed by atoms with E-state index in [0.717, 1.165) is 19.3 Å². The van der Waals surface area contributed by atoms with Gasteiger partial charge in [-0.05, 0) is 133 Å². The van der Waals surface area contributed by atoms with Crippen molar-refractivity contribution in [2.45, 2.75) is 122 Å². The third-order valence-electron chi connectivity index (χ3n) is 11.3. The molecule has 0 saturated heterocycles. The van der Waals surface area contributed by atoms with Gasteiger partial charge in [-0.3, -0.25) is 0 Å². The van der Waals surface area contributed by atoms with Crippen LogP contribution in [0.25, 0.3) is 0 Å². The summed E-state index contributed by atoms with van der Waals surface area (Å²) < 4.78 is 0. The van der Waals surface area contributed by atoms with Crippen molar-refractivity contribution in [3.05, 3.63) is 153 Å². The van der Waals surface area contributed by atoms with Crippen LogP contribution in [-0.2, 0) is 0 Å². The number of hydrogen-bond donors (Lipinski definition) is 2. The summed E-state index contributed by atoms with van der Waals surface area (Å²) >= 11 is 0. The van der Waals surface area contributed by atoms with Gasteiger partial charge in [0, 0.05) is 0 Å². The van der Waals surface area contributed by atoms with Crippen LogP contribution >= 0.6 is 0 Å². The van der Waals surface area contributed by atoms with Gasteiger partial charge in [-0.15, -0.1) is 0 Å². The second-order valence-electron chi connectivity index (χ2n) is 16.6. The van der Waals surface area contributed by atoms with Crippen LogP contribution in [0.4, 0.5) is 0 Å². The van der Waals surface area contributed by atoms with Crippen molar-refractivity contribution in [3.8, 4) is 0 Å². The summed E-state index contributed by atoms with van der Waals surface area (Å²) in [4.78, 5) is 0. The molecule has 284 valence electrons. The standard InChI is InChI=1S/C50H72O2/c1-37(2)23-29-45-30-26-42(7)47(49(45,9)10)33-24-40(5)21-15-19-38(3)17-13-14-18-39(4)20-16-22-41(6)25-34-48-43(8)27-31-46(50(48,11)12)32-28-44(35-51)36-52/h13-25,28,33-34,45-46,51-52H,26-27,29-32,35-36H2,1-12H3/b14-13+,19-15+,20-16+,33-24+,34-25+,38-17+,39-18+,40-21+,41-22+. The second-order valence-corrected chi connectivity index (χ2v) is 16.6. The van der Waals surface area contributed by atoms with Crippen LogP contribution < -0.4 is 0 Å². The Morgan fingerprint density at radius 1 is 0.558 bits per heavy atom. The summed E-state index contributed by atoms with van der Waals surface area (Å²) in [6, 6.07) is 0. The van der Waals surface area contributed by atoms with E-state index >= 15 is 0 Å². The number of allylic oxidation sites excluding steroid dienone is 25. The molecule has 52 heavy (non-hydrogen) atoms. The Morgan fingerprint density at radius 3 is 1.31 bits per heavy atom. The van der Waals surface area contributed by atoms with E-state index in [1.54, 1.807) is 0 Å². The molecule has 0 aromatic rings. The molecule has 0 saturated carbocycles. The Labute approximate surface area is 319 Å². The van der Waals surface area contributed by atoms with Crippen molar-refractivity contribution in [3.63, 3.8) is 0 Å². The third kappa shape index (κ3) is 14.5. The maximum Gasteiger partial charge on any atom is 0.0663 e. The summed E-state index contributed by atoms with van der Waals surface area (Å²) in [7, 11) is 0. The molecule has 2 aliphatic rings. The summed E-state index contributed by atoms with van der Waals surface area (Å²) in [6.45, 7) is 26.9. The van der Waals surface area contributed by atoms with E-state index in [2.05, 4.69) is 174 Å². The first-order chi connectivity index (χ1) is 24.5. The molecule has 0 radical (unpaired) electrons. The molecule has 2 atom stereocenters. The molecule has 2 rings (SSSR count). The fourth-order valence-electron chi connectivity index (χ4n) is 7.49. The van der Waals surface area contributed by atoms with Gasteiger partial charge in [-0.1, -0.05) is 164 Å². The quantitative estimate of drug-likeness (QED) is 0.124. The minimum absolute atomic E-state index is 0.0297. The molecule has 0 aliphatic heterocycles. The van der Waals surface area contributed by atoms with Gasteiger partial charge in [0.1, 0.15) is 0 Å². The van der Waals surface area contributed by atoms with Crippen LogP contribution in [0.3, 0.4) is 0 Å². The van der Waals surface area contributed by atoms with E-state index in [1.165, 1.54) is 69.4 Å². The highest BCUT2D eigenvalue weighted by molar-refractivity contribution is 5.40. The van der Waals surface area contributed by atoms with Gasteiger partial charge in [-0.2, -0.15) is 0 Å². The number of aliphatic hydroxyl groups excluding tert-OH is 2. The zero-order chi connectivity index (χ0) is 38.9. The molecule has 2 N–H and O–H groups in total. The maximum atomic E-state index is 9.44. The topological polar surface area (TPSA) is 40.5 Å². The van der Waals surface area contributed by atoms with Crippen molar-refractivity contribution < 1.29 is 10.2 Å². The van der Waals surface area contributed by atoms with Crippen molar-refractivity contribution in [1.29, 1.82) is 0 Å². The van der Waals surface area contributed by atoms with E-state index in [1.807, 2.05) is 6.08 Å². The fourth-order valence-corrected chi connectivity index (χ4v) is 7.49. The average molecular weight is 705 g/mol. The Balaban J connectivity index is 1.96. The molecule has 0 heterocycles. The Kier molecular flexibility index (Phi) is 18.8. The van der Waals surface area contributed by atoms with Crippen LogP contribution in [-0.4, -0.2) is 23.4 Å². The van der Waals surface area contributed by atoms with Gasteiger partial charge < -0.3 is 10.2 Å². The van der Waals surface area contributed by atoms with Crippen molar-refractivity contribution >= 4 is 0 Å². The summed E-state index contributed by atoms with van der Waals surface area (Å²) in [5.74, 6) is 1.16. The zero-order valence-corrected chi connectivity index (χ0v) is 34.9. The van der Waals surface area contributed by atoms with Gasteiger partial charge in [0.2, 0.25) is 0 Å². The summed E-state index contributed by atoms with van der Waals surface area (Å²) in [6.07, 6.45) is 41.8. The van der Waals surface area contributed by atoms with Gasteiger partial charge >= 0.3 is 0 Å². The van der Waals surface area contributed by atoms with Gasteiger partial charge in [0.25, 0.3) is 0 Å². The zero-order valence-electron chi connectivity index (χ0n) is 34.9. The predicted molar refractivity (Wildman–Crippen MR) is 230 cm³/mol. The Hall–Kier alpha value is -3.46. The second kappa shape index (κ2) is 21.9. The lowest BCUT2D eigenvalue weighted by Crippen LogP contribution is -2.30. The lowest BCUT2D eigenvalue weighted by Gasteiger charge is -2.41. The molecular weight excluding hydrogens is 633 g/mol. The van der Waals surface area contributed by atoms with Crippen molar-refractivity contribution in [1.82, 2.24) is 0 Å². The molecule has 0 spiro atoms. The molecule has 0 fully saturated rings. The van der Waals surface area contributed by atoms with Crippen LogP contribution in [0.5, 0.6) is 0 Å². The largest absolute Gasteiger partial charge is 0.392 e. The minimum Gasteiger partial charge on any atom is -0.392 e. The summed E-state index contributed by atoms with van der Waals surface area (Å²) in [5.41, 5.74) is 13.1. The molecule has 0 amide bonds. The monoisotopic (exact) mass is 705 g/mol. The highest BCUT2D eigenvalue weighted by atomic mass is 16.3. The fraction of sp³-hybridized carbons (Fsp3) is 0.480. The number of rotatable bonds is 16. The minimum atomic E-state index is -0.0748. The predicted octanol–water partition coefficient (Wildman–Crippen LogP) is 13.7. The average Bonchev–Trinajstić information content (AvgIpc) is 3.07. The first-order valence-electron chi connectivity index (χ1n) is 19.5. The first-order valence-corrected chi connectivity index (χ1v) is 19.5. The van der Waals surface area contributed by atoms with E-state index < -0.39 is 0 Å². The molecule has 0 aromatic heterocycles. The van der Waals surface area contributed by atoms with Gasteiger partial charge in [0.15, 0.2) is 0 Å². The molecule has 0 bridgehead atoms. The molecular formula is C50H72O2. The van der Waals surface area contributed by atoms with Crippen LogP contribution in [0.1, 0.15) is 122 Å². The smallest absolute Gasteiger partial charge is 0.0663 e. The number of hydrogen-bond acceptors (Lipinski definition) is 2. The highest BCUT2D eigenvalue weighted by Crippen LogP contribution is 2.48. The molecule has 2 aliphatic carbocycles. The number of aliphatic hydroxyl groups is 2.